The van der Waals surface area contributed by atoms with Crippen LogP contribution in [0.5, 0.6) is 11.5 Å². The second-order valence-electron chi connectivity index (χ2n) is 7.57. The van der Waals surface area contributed by atoms with Crippen molar-refractivity contribution in [3.63, 3.8) is 0 Å². The first kappa shape index (κ1) is 24.4. The Bertz CT molecular complexity index is 850. The van der Waals surface area contributed by atoms with Crippen LogP contribution in [0.3, 0.4) is 0 Å². The van der Waals surface area contributed by atoms with Crippen LogP contribution in [0, 0.1) is 0 Å². The Balaban J connectivity index is 2.05. The normalized spacial score (nSPS) is 11.6. The highest BCUT2D eigenvalue weighted by atomic mass is 16.7. The number of hydroxylamine groups is 1. The lowest BCUT2D eigenvalue weighted by Gasteiger charge is -2.20. The van der Waals surface area contributed by atoms with E-state index in [1.54, 1.807) is 45.4 Å². The van der Waals surface area contributed by atoms with Crippen molar-refractivity contribution in [1.29, 1.82) is 0 Å². The third kappa shape index (κ3) is 7.72. The van der Waals surface area contributed by atoms with Crippen LogP contribution in [-0.2, 0) is 22.5 Å². The molecule has 0 heterocycles. The van der Waals surface area contributed by atoms with Gasteiger partial charge in [0, 0.05) is 12.5 Å². The van der Waals surface area contributed by atoms with E-state index in [9.17, 15) is 9.59 Å². The molecular weight excluding hydrogens is 394 g/mol. The van der Waals surface area contributed by atoms with Crippen LogP contribution < -0.4 is 15.0 Å². The van der Waals surface area contributed by atoms with E-state index in [0.29, 0.717) is 18.4 Å². The number of nitrogens with one attached hydrogen (secondary N) is 1. The summed E-state index contributed by atoms with van der Waals surface area (Å²) < 4.78 is 11.2. The third-order valence-electron chi connectivity index (χ3n) is 5.20. The highest BCUT2D eigenvalue weighted by Crippen LogP contribution is 2.31. The Labute approximate surface area is 184 Å². The maximum Gasteiger partial charge on any atom is 0.356 e. The Morgan fingerprint density at radius 1 is 0.968 bits per heavy atom. The van der Waals surface area contributed by atoms with Crippen molar-refractivity contribution in [2.75, 3.05) is 14.2 Å². The Hall–Kier alpha value is -2.86. The molecule has 0 saturated heterocycles. The number of aryl methyl sites for hydroxylation is 1. The summed E-state index contributed by atoms with van der Waals surface area (Å²) in [5, 5.41) is 0. The number of hydrogen-bond acceptors (Lipinski definition) is 6. The quantitative estimate of drug-likeness (QED) is 0.369. The molecule has 1 atom stereocenters. The highest BCUT2D eigenvalue weighted by molar-refractivity contribution is 5.89. The Morgan fingerprint density at radius 2 is 1.61 bits per heavy atom. The minimum Gasteiger partial charge on any atom is -0.496 e. The fourth-order valence-corrected chi connectivity index (χ4v) is 3.37. The maximum absolute atomic E-state index is 12.2. The van der Waals surface area contributed by atoms with Crippen molar-refractivity contribution in [3.05, 3.63) is 59.2 Å². The van der Waals surface area contributed by atoms with Crippen LogP contribution in [0.1, 0.15) is 61.0 Å². The van der Waals surface area contributed by atoms with Gasteiger partial charge in [0.25, 0.3) is 0 Å². The van der Waals surface area contributed by atoms with Gasteiger partial charge in [-0.25, -0.2) is 4.79 Å². The van der Waals surface area contributed by atoms with Gasteiger partial charge in [-0.1, -0.05) is 25.1 Å². The fourth-order valence-electron chi connectivity index (χ4n) is 3.37. The molecule has 2 rings (SSSR count). The lowest BCUT2D eigenvalue weighted by atomic mass is 9.98. The van der Waals surface area contributed by atoms with Gasteiger partial charge in [0.2, 0.25) is 0 Å². The molecule has 6 nitrogen and oxygen atoms in total. The molecule has 31 heavy (non-hydrogen) atoms. The van der Waals surface area contributed by atoms with E-state index in [-0.39, 0.29) is 11.8 Å². The average molecular weight is 428 g/mol. The standard InChI is InChI=1S/C25H33NO5/c1-5-22(26-31-25(28)19-12-7-6-8-13-19)15-21-17-23(29-3)20(16-24(21)30-4)14-10-9-11-18(2)27/h6-8,12-13,16-17,22,26H,5,9-11,14-15H2,1-4H3. The first-order valence-corrected chi connectivity index (χ1v) is 10.7. The van der Waals surface area contributed by atoms with Crippen LogP contribution in [0.2, 0.25) is 0 Å². The molecule has 0 aromatic heterocycles. The van der Waals surface area contributed by atoms with E-state index in [1.807, 2.05) is 25.1 Å². The number of Topliss-reactive ketones (excluding diaryl/α,β-unsaturated/α-hetero) is 1. The summed E-state index contributed by atoms with van der Waals surface area (Å²) in [7, 11) is 3.30. The van der Waals surface area contributed by atoms with Gasteiger partial charge in [-0.3, -0.25) is 0 Å². The molecule has 0 fully saturated rings. The average Bonchev–Trinajstić information content (AvgIpc) is 2.79. The molecule has 1 N–H and O–H groups in total. The van der Waals surface area contributed by atoms with Gasteiger partial charge in [0.1, 0.15) is 17.3 Å². The number of ketones is 1. The van der Waals surface area contributed by atoms with Crippen LogP contribution >= 0.6 is 0 Å². The van der Waals surface area contributed by atoms with Crippen molar-refractivity contribution >= 4 is 11.8 Å². The number of rotatable bonds is 13. The van der Waals surface area contributed by atoms with Crippen molar-refractivity contribution in [2.24, 2.45) is 0 Å². The number of methoxy groups -OCH3 is 2. The first-order valence-electron chi connectivity index (χ1n) is 10.7. The predicted octanol–water partition coefficient (Wildman–Crippen LogP) is 4.69. The first-order chi connectivity index (χ1) is 15.0. The lowest BCUT2D eigenvalue weighted by molar-refractivity contribution is -0.117. The van der Waals surface area contributed by atoms with Crippen molar-refractivity contribution < 1.29 is 23.9 Å². The molecule has 0 amide bonds. The van der Waals surface area contributed by atoms with Gasteiger partial charge >= 0.3 is 5.97 Å². The summed E-state index contributed by atoms with van der Waals surface area (Å²) in [6.07, 6.45) is 4.56. The van der Waals surface area contributed by atoms with Gasteiger partial charge < -0.3 is 19.1 Å². The molecular formula is C25H33NO5. The summed E-state index contributed by atoms with van der Waals surface area (Å²) in [5.41, 5.74) is 5.43. The molecule has 0 aliphatic rings. The van der Waals surface area contributed by atoms with Crippen LogP contribution in [0.15, 0.2) is 42.5 Å². The molecule has 2 aromatic carbocycles. The summed E-state index contributed by atoms with van der Waals surface area (Å²) in [5.74, 6) is 1.38. The van der Waals surface area contributed by atoms with Gasteiger partial charge in [0.15, 0.2) is 0 Å². The van der Waals surface area contributed by atoms with Crippen molar-refractivity contribution in [2.45, 2.75) is 58.4 Å². The smallest absolute Gasteiger partial charge is 0.356 e. The largest absolute Gasteiger partial charge is 0.496 e. The van der Waals surface area contributed by atoms with E-state index in [0.717, 1.165) is 48.3 Å². The maximum atomic E-state index is 12.2. The summed E-state index contributed by atoms with van der Waals surface area (Å²) >= 11 is 0. The second kappa shape index (κ2) is 12.7. The molecule has 168 valence electrons. The Kier molecular flexibility index (Phi) is 10.0. The molecule has 6 heteroatoms. The third-order valence-corrected chi connectivity index (χ3v) is 5.20. The molecule has 1 unspecified atom stereocenters. The number of hydrogen-bond donors (Lipinski definition) is 1. The van der Waals surface area contributed by atoms with Crippen molar-refractivity contribution in [1.82, 2.24) is 5.48 Å². The SMILES string of the molecule is CCC(Cc1cc(OC)c(CCCCC(C)=O)cc1OC)NOC(=O)c1ccccc1. The topological polar surface area (TPSA) is 73.9 Å². The van der Waals surface area contributed by atoms with Crippen LogP contribution in [0.4, 0.5) is 0 Å². The van der Waals surface area contributed by atoms with Gasteiger partial charge in [-0.15, -0.1) is 5.48 Å². The molecule has 0 bridgehead atoms. The summed E-state index contributed by atoms with van der Waals surface area (Å²) in [4.78, 5) is 28.7. The zero-order chi connectivity index (χ0) is 22.6. The minimum absolute atomic E-state index is 0.0762. The molecule has 0 spiro atoms. The number of ether oxygens (including phenoxy) is 2. The van der Waals surface area contributed by atoms with Gasteiger partial charge in [-0.05, 0) is 74.4 Å². The molecule has 2 aromatic rings. The summed E-state index contributed by atoms with van der Waals surface area (Å²) in [6, 6.07) is 12.8. The van der Waals surface area contributed by atoms with Gasteiger partial charge in [-0.2, -0.15) is 0 Å². The minimum atomic E-state index is -0.412. The molecule has 0 radical (unpaired) electrons. The van der Waals surface area contributed by atoms with Crippen LogP contribution in [0.25, 0.3) is 0 Å². The zero-order valence-corrected chi connectivity index (χ0v) is 18.9. The van der Waals surface area contributed by atoms with E-state index >= 15 is 0 Å². The Morgan fingerprint density at radius 3 is 2.23 bits per heavy atom. The second-order valence-corrected chi connectivity index (χ2v) is 7.57. The monoisotopic (exact) mass is 427 g/mol. The predicted molar refractivity (Wildman–Crippen MR) is 121 cm³/mol. The number of unbranched alkanes of at least 4 members (excludes halogenated alkanes) is 1. The molecule has 0 aliphatic carbocycles. The van der Waals surface area contributed by atoms with Gasteiger partial charge in [0.05, 0.1) is 19.8 Å². The number of benzene rings is 2. The fraction of sp³-hybridized carbons (Fsp3) is 0.440. The van der Waals surface area contributed by atoms with Crippen molar-refractivity contribution in [3.8, 4) is 11.5 Å². The number of carbonyl (C=O) groups is 2. The molecule has 0 saturated carbocycles. The van der Waals surface area contributed by atoms with E-state index < -0.39 is 5.97 Å². The van der Waals surface area contributed by atoms with E-state index in [1.165, 1.54) is 0 Å². The highest BCUT2D eigenvalue weighted by Gasteiger charge is 2.17. The molecule has 0 aliphatic heterocycles. The zero-order valence-electron chi connectivity index (χ0n) is 18.9. The van der Waals surface area contributed by atoms with E-state index in [4.69, 9.17) is 14.3 Å². The van der Waals surface area contributed by atoms with Crippen LogP contribution in [-0.4, -0.2) is 32.0 Å². The van der Waals surface area contributed by atoms with E-state index in [2.05, 4.69) is 5.48 Å². The lowest BCUT2D eigenvalue weighted by Crippen LogP contribution is -2.33. The number of carbonyl (C=O) groups excluding carboxylic acids is 2. The summed E-state index contributed by atoms with van der Waals surface area (Å²) in [6.45, 7) is 3.65.